The third-order valence-corrected chi connectivity index (χ3v) is 2.92. The molecule has 0 saturated heterocycles. The van der Waals surface area contributed by atoms with E-state index in [2.05, 4.69) is 4.98 Å². The van der Waals surface area contributed by atoms with Crippen molar-refractivity contribution in [3.63, 3.8) is 0 Å². The van der Waals surface area contributed by atoms with E-state index < -0.39 is 11.9 Å². The number of pyridine rings is 1. The molecule has 1 aromatic carbocycles. The lowest BCUT2D eigenvalue weighted by atomic mass is 9.91. The van der Waals surface area contributed by atoms with Crippen LogP contribution < -0.4 is 0 Å². The number of halogens is 1. The molecule has 0 aliphatic heterocycles. The Morgan fingerprint density at radius 1 is 1.18 bits per heavy atom. The minimum absolute atomic E-state index is 0.159. The number of benzene rings is 1. The average molecular weight is 231 g/mol. The van der Waals surface area contributed by atoms with E-state index in [4.69, 9.17) is 0 Å². The summed E-state index contributed by atoms with van der Waals surface area (Å²) in [6.45, 7) is 1.87. The lowest BCUT2D eigenvalue weighted by Gasteiger charge is -2.19. The fraction of sp³-hybridized carbons (Fsp3) is 0.214. The molecule has 0 aliphatic carbocycles. The molecule has 2 unspecified atom stereocenters. The highest BCUT2D eigenvalue weighted by atomic mass is 19.1. The van der Waals surface area contributed by atoms with Gasteiger partial charge in [0.2, 0.25) is 0 Å². The van der Waals surface area contributed by atoms with Crippen molar-refractivity contribution in [2.75, 3.05) is 0 Å². The van der Waals surface area contributed by atoms with Crippen molar-refractivity contribution < 1.29 is 9.50 Å². The van der Waals surface area contributed by atoms with Crippen molar-refractivity contribution in [2.45, 2.75) is 18.9 Å². The van der Waals surface area contributed by atoms with Crippen LogP contribution in [0, 0.1) is 5.82 Å². The zero-order valence-electron chi connectivity index (χ0n) is 9.55. The number of aliphatic hydroxyl groups excluding tert-OH is 1. The second-order valence-corrected chi connectivity index (χ2v) is 4.04. The van der Waals surface area contributed by atoms with Gasteiger partial charge >= 0.3 is 0 Å². The monoisotopic (exact) mass is 231 g/mol. The van der Waals surface area contributed by atoms with E-state index in [1.54, 1.807) is 0 Å². The molecule has 2 rings (SSSR count). The van der Waals surface area contributed by atoms with E-state index in [0.717, 1.165) is 11.8 Å². The molecule has 17 heavy (non-hydrogen) atoms. The van der Waals surface area contributed by atoms with Crippen molar-refractivity contribution >= 4 is 0 Å². The summed E-state index contributed by atoms with van der Waals surface area (Å²) in [5.74, 6) is -0.629. The maximum Gasteiger partial charge on any atom is 0.147 e. The van der Waals surface area contributed by atoms with Gasteiger partial charge < -0.3 is 5.11 Å². The molecule has 0 fully saturated rings. The Bertz CT molecular complexity index is 487. The maximum atomic E-state index is 13.5. The quantitative estimate of drug-likeness (QED) is 0.880. The van der Waals surface area contributed by atoms with E-state index >= 15 is 0 Å². The molecule has 0 bridgehead atoms. The summed E-state index contributed by atoms with van der Waals surface area (Å²) in [5, 5.41) is 10.2. The number of rotatable bonds is 3. The van der Waals surface area contributed by atoms with Crippen molar-refractivity contribution in [3.8, 4) is 0 Å². The summed E-state index contributed by atoms with van der Waals surface area (Å²) in [6.07, 6.45) is 1.75. The lowest BCUT2D eigenvalue weighted by molar-refractivity contribution is 0.147. The van der Waals surface area contributed by atoms with Crippen LogP contribution >= 0.6 is 0 Å². The lowest BCUT2D eigenvalue weighted by Crippen LogP contribution is -2.09. The molecule has 2 aromatic rings. The number of aliphatic hydroxyl groups is 1. The van der Waals surface area contributed by atoms with Gasteiger partial charge in [-0.25, -0.2) is 4.39 Å². The van der Waals surface area contributed by atoms with Gasteiger partial charge in [-0.15, -0.1) is 0 Å². The van der Waals surface area contributed by atoms with Crippen LogP contribution in [-0.4, -0.2) is 10.1 Å². The predicted octanol–water partition coefficient (Wildman–Crippen LogP) is 3.06. The first-order valence-corrected chi connectivity index (χ1v) is 5.52. The van der Waals surface area contributed by atoms with Gasteiger partial charge in [-0.05, 0) is 11.6 Å². The van der Waals surface area contributed by atoms with Gasteiger partial charge in [0.25, 0.3) is 0 Å². The van der Waals surface area contributed by atoms with Crippen molar-refractivity contribution in [3.05, 3.63) is 65.7 Å². The second kappa shape index (κ2) is 5.06. The summed E-state index contributed by atoms with van der Waals surface area (Å²) in [4.78, 5) is 3.67. The minimum Gasteiger partial charge on any atom is -0.388 e. The topological polar surface area (TPSA) is 33.1 Å². The first-order chi connectivity index (χ1) is 8.20. The number of hydrogen-bond acceptors (Lipinski definition) is 2. The molecule has 3 heteroatoms. The van der Waals surface area contributed by atoms with Crippen molar-refractivity contribution in [1.82, 2.24) is 4.98 Å². The molecule has 1 N–H and O–H groups in total. The summed E-state index contributed by atoms with van der Waals surface area (Å²) in [5.41, 5.74) is 1.27. The van der Waals surface area contributed by atoms with Crippen molar-refractivity contribution in [1.29, 1.82) is 0 Å². The van der Waals surface area contributed by atoms with E-state index in [-0.39, 0.29) is 11.5 Å². The zero-order chi connectivity index (χ0) is 12.3. The van der Waals surface area contributed by atoms with Gasteiger partial charge in [0.1, 0.15) is 5.82 Å². The fourth-order valence-electron chi connectivity index (χ4n) is 1.83. The van der Waals surface area contributed by atoms with Gasteiger partial charge in [-0.3, -0.25) is 4.98 Å². The molecule has 0 radical (unpaired) electrons. The Hall–Kier alpha value is -1.74. The summed E-state index contributed by atoms with van der Waals surface area (Å²) < 4.78 is 13.5. The van der Waals surface area contributed by atoms with Gasteiger partial charge in [0.15, 0.2) is 0 Å². The highest BCUT2D eigenvalue weighted by molar-refractivity contribution is 5.25. The van der Waals surface area contributed by atoms with Crippen molar-refractivity contribution in [2.24, 2.45) is 0 Å². The molecular weight excluding hydrogens is 217 g/mol. The number of aromatic nitrogens is 1. The summed E-state index contributed by atoms with van der Waals surface area (Å²) in [6, 6.07) is 11.1. The zero-order valence-corrected chi connectivity index (χ0v) is 9.55. The smallest absolute Gasteiger partial charge is 0.147 e. The van der Waals surface area contributed by atoms with Crippen LogP contribution in [0.2, 0.25) is 0 Å². The highest BCUT2D eigenvalue weighted by Gasteiger charge is 2.20. The molecule has 2 atom stereocenters. The van der Waals surface area contributed by atoms with Gasteiger partial charge in [-0.1, -0.05) is 37.3 Å². The summed E-state index contributed by atoms with van der Waals surface area (Å²) in [7, 11) is 0. The number of hydrogen-bond donors (Lipinski definition) is 1. The Kier molecular flexibility index (Phi) is 3.49. The van der Waals surface area contributed by atoms with E-state index in [1.165, 1.54) is 12.3 Å². The third kappa shape index (κ3) is 2.50. The van der Waals surface area contributed by atoms with Crippen LogP contribution in [0.4, 0.5) is 4.39 Å². The Labute approximate surface area is 99.8 Å². The first kappa shape index (κ1) is 11.7. The predicted molar refractivity (Wildman–Crippen MR) is 64.0 cm³/mol. The molecule has 0 amide bonds. The molecule has 0 spiro atoms. The number of nitrogens with zero attached hydrogens (tertiary/aromatic N) is 1. The van der Waals surface area contributed by atoms with E-state index in [0.29, 0.717) is 0 Å². The molecule has 0 saturated carbocycles. The molecule has 88 valence electrons. The van der Waals surface area contributed by atoms with Crippen LogP contribution in [0.3, 0.4) is 0 Å². The molecule has 0 aliphatic rings. The summed E-state index contributed by atoms with van der Waals surface area (Å²) >= 11 is 0. The minimum atomic E-state index is -0.861. The van der Waals surface area contributed by atoms with Crippen LogP contribution in [0.5, 0.6) is 0 Å². The standard InChI is InChI=1S/C14H14FNO/c1-10(11-5-3-2-4-6-11)14(17)12-7-8-16-9-13(12)15/h2-10,14,17H,1H3. The molecule has 1 heterocycles. The van der Waals surface area contributed by atoms with E-state index in [9.17, 15) is 9.50 Å². The highest BCUT2D eigenvalue weighted by Crippen LogP contribution is 2.31. The first-order valence-electron chi connectivity index (χ1n) is 5.52. The Morgan fingerprint density at radius 2 is 1.88 bits per heavy atom. The molecule has 1 aromatic heterocycles. The maximum absolute atomic E-state index is 13.5. The SMILES string of the molecule is CC(c1ccccc1)C(O)c1ccncc1F. The third-order valence-electron chi connectivity index (χ3n) is 2.92. The molecule has 2 nitrogen and oxygen atoms in total. The second-order valence-electron chi connectivity index (χ2n) is 4.04. The van der Waals surface area contributed by atoms with E-state index in [1.807, 2.05) is 37.3 Å². The fourth-order valence-corrected chi connectivity index (χ4v) is 1.83. The van der Waals surface area contributed by atoms with Gasteiger partial charge in [0, 0.05) is 17.7 Å². The largest absolute Gasteiger partial charge is 0.388 e. The Balaban J connectivity index is 2.27. The van der Waals surface area contributed by atoms with Crippen LogP contribution in [-0.2, 0) is 0 Å². The average Bonchev–Trinajstić information content (AvgIpc) is 2.39. The van der Waals surface area contributed by atoms with Crippen LogP contribution in [0.1, 0.15) is 30.1 Å². The normalized spacial score (nSPS) is 14.3. The van der Waals surface area contributed by atoms with Crippen LogP contribution in [0.25, 0.3) is 0 Å². The van der Waals surface area contributed by atoms with Gasteiger partial charge in [-0.2, -0.15) is 0 Å². The Morgan fingerprint density at radius 3 is 2.53 bits per heavy atom. The van der Waals surface area contributed by atoms with Gasteiger partial charge in [0.05, 0.1) is 12.3 Å². The van der Waals surface area contributed by atoms with Crippen LogP contribution in [0.15, 0.2) is 48.8 Å². The molecular formula is C14H14FNO.